The van der Waals surface area contributed by atoms with Gasteiger partial charge in [0.1, 0.15) is 0 Å². The zero-order chi connectivity index (χ0) is 29.9. The van der Waals surface area contributed by atoms with Gasteiger partial charge in [-0.1, -0.05) is 32.1 Å². The molecule has 0 radical (unpaired) electrons. The van der Waals surface area contributed by atoms with Gasteiger partial charge < -0.3 is 29.8 Å². The van der Waals surface area contributed by atoms with Crippen LogP contribution in [-0.4, -0.2) is 137 Å². The highest BCUT2D eigenvalue weighted by atomic mass is 15.2. The predicted octanol–water partition coefficient (Wildman–Crippen LogP) is 4.81. The Morgan fingerprint density at radius 3 is 1.19 bits per heavy atom. The molecule has 10 atom stereocenters. The summed E-state index contributed by atoms with van der Waals surface area (Å²) >= 11 is 0. The summed E-state index contributed by atoms with van der Waals surface area (Å²) < 4.78 is 0. The molecule has 10 fully saturated rings. The Morgan fingerprint density at radius 1 is 0.395 bits per heavy atom. The van der Waals surface area contributed by atoms with Crippen molar-refractivity contribution in [3.8, 4) is 0 Å². The molecule has 6 nitrogen and oxygen atoms in total. The monoisotopic (exact) mass is 599 g/mol. The summed E-state index contributed by atoms with van der Waals surface area (Å²) in [5, 5.41) is 3.41. The normalized spacial score (nSPS) is 44.6. The average molecular weight is 599 g/mol. The van der Waals surface area contributed by atoms with Gasteiger partial charge in [-0.3, -0.25) is 0 Å². The fourth-order valence-electron chi connectivity index (χ4n) is 10.8. The Bertz CT molecular complexity index is 758. The molecular weight excluding hydrogens is 528 g/mol. The van der Waals surface area contributed by atoms with Crippen molar-refractivity contribution in [3.63, 3.8) is 0 Å². The van der Waals surface area contributed by atoms with E-state index in [0.29, 0.717) is 0 Å². The minimum atomic E-state index is 0.922. The average Bonchev–Trinajstić information content (AvgIpc) is 3.25. The number of hydrogen-bond donors (Lipinski definition) is 1. The van der Waals surface area contributed by atoms with Crippen molar-refractivity contribution in [3.05, 3.63) is 0 Å². The van der Waals surface area contributed by atoms with Crippen LogP contribution in [0.25, 0.3) is 0 Å². The molecule has 43 heavy (non-hydrogen) atoms. The molecule has 6 saturated heterocycles. The summed E-state index contributed by atoms with van der Waals surface area (Å²) in [4.78, 5) is 12.4. The van der Waals surface area contributed by atoms with E-state index in [1.54, 1.807) is 0 Å². The zero-order valence-corrected chi connectivity index (χ0v) is 29.1. The van der Waals surface area contributed by atoms with Crippen LogP contribution in [0, 0.1) is 41.4 Å². The van der Waals surface area contributed by atoms with Crippen LogP contribution < -0.4 is 5.32 Å². The van der Waals surface area contributed by atoms with Gasteiger partial charge in [-0.15, -0.1) is 0 Å². The van der Waals surface area contributed by atoms with Gasteiger partial charge >= 0.3 is 0 Å². The Morgan fingerprint density at radius 2 is 0.814 bits per heavy atom. The van der Waals surface area contributed by atoms with Crippen LogP contribution in [0.4, 0.5) is 0 Å². The first-order valence-corrected chi connectivity index (χ1v) is 19.0. The van der Waals surface area contributed by atoms with Crippen molar-refractivity contribution >= 4 is 0 Å². The number of piperidine rings is 2. The molecule has 1 N–H and O–H groups in total. The maximum atomic E-state index is 3.41. The van der Waals surface area contributed by atoms with Gasteiger partial charge in [0.2, 0.25) is 0 Å². The second-order valence-electron chi connectivity index (χ2n) is 17.0. The van der Waals surface area contributed by atoms with E-state index in [2.05, 4.69) is 65.1 Å². The topological polar surface area (TPSA) is 28.2 Å². The lowest BCUT2D eigenvalue weighted by molar-refractivity contribution is 0.00885. The number of fused-ring (bicyclic) bond motifs is 5. The molecule has 0 bridgehead atoms. The van der Waals surface area contributed by atoms with Crippen molar-refractivity contribution in [2.75, 3.05) is 94.1 Å². The minimum absolute atomic E-state index is 0.922. The largest absolute Gasteiger partial charge is 0.316 e. The van der Waals surface area contributed by atoms with E-state index in [1.807, 2.05) is 0 Å². The number of rotatable bonds is 0. The summed E-state index contributed by atoms with van der Waals surface area (Å²) in [7, 11) is 11.2. The first kappa shape index (κ1) is 32.7. The zero-order valence-electron chi connectivity index (χ0n) is 29.1. The second kappa shape index (κ2) is 15.1. The SMILES string of the molecule is CN1CC2CC2C1.CN1CC2CCCC2C1.CN1CC2CCCCC21.CN1CC2CCCCC21.CN1CC2CNCCC21. The van der Waals surface area contributed by atoms with Gasteiger partial charge in [-0.05, 0) is 135 Å². The van der Waals surface area contributed by atoms with Crippen LogP contribution in [0.1, 0.15) is 83.5 Å². The van der Waals surface area contributed by atoms with Gasteiger partial charge in [0, 0.05) is 70.5 Å². The molecule has 248 valence electrons. The van der Waals surface area contributed by atoms with E-state index < -0.39 is 0 Å². The maximum Gasteiger partial charge on any atom is 0.0157 e. The van der Waals surface area contributed by atoms with E-state index in [4.69, 9.17) is 0 Å². The van der Waals surface area contributed by atoms with Crippen molar-refractivity contribution in [2.24, 2.45) is 41.4 Å². The summed E-state index contributed by atoms with van der Waals surface area (Å²) in [6.45, 7) is 12.1. The van der Waals surface area contributed by atoms with Crippen LogP contribution >= 0.6 is 0 Å². The third kappa shape index (κ3) is 8.38. The van der Waals surface area contributed by atoms with E-state index in [0.717, 1.165) is 59.6 Å². The molecule has 10 rings (SSSR count). The van der Waals surface area contributed by atoms with Crippen molar-refractivity contribution in [1.82, 2.24) is 29.8 Å². The fraction of sp³-hybridized carbons (Fsp3) is 1.00. The Labute approximate surface area is 266 Å². The van der Waals surface area contributed by atoms with Gasteiger partial charge in [0.05, 0.1) is 0 Å². The van der Waals surface area contributed by atoms with E-state index in [9.17, 15) is 0 Å². The number of nitrogens with one attached hydrogen (secondary N) is 1. The Hall–Kier alpha value is -0.240. The molecule has 0 aromatic heterocycles. The molecule has 0 spiro atoms. The van der Waals surface area contributed by atoms with E-state index in [1.165, 1.54) is 142 Å². The van der Waals surface area contributed by atoms with Crippen LogP contribution in [0.2, 0.25) is 0 Å². The Kier molecular flexibility index (Phi) is 11.5. The van der Waals surface area contributed by atoms with Gasteiger partial charge in [-0.25, -0.2) is 0 Å². The lowest BCUT2D eigenvalue weighted by Gasteiger charge is -2.49. The molecule has 6 heterocycles. The van der Waals surface area contributed by atoms with Gasteiger partial charge in [0.25, 0.3) is 0 Å². The summed E-state index contributed by atoms with van der Waals surface area (Å²) in [5.74, 6) is 7.54. The maximum absolute atomic E-state index is 3.41. The van der Waals surface area contributed by atoms with Crippen molar-refractivity contribution in [1.29, 1.82) is 0 Å². The number of likely N-dealkylation sites (tertiary alicyclic amines) is 5. The minimum Gasteiger partial charge on any atom is -0.316 e. The quantitative estimate of drug-likeness (QED) is 0.431. The van der Waals surface area contributed by atoms with Gasteiger partial charge in [-0.2, -0.15) is 0 Å². The van der Waals surface area contributed by atoms with Crippen molar-refractivity contribution < 1.29 is 0 Å². The Balaban J connectivity index is 0.0000000959. The van der Waals surface area contributed by atoms with Crippen LogP contribution in [0.5, 0.6) is 0 Å². The second-order valence-corrected chi connectivity index (χ2v) is 17.0. The van der Waals surface area contributed by atoms with Crippen LogP contribution in [0.15, 0.2) is 0 Å². The number of nitrogens with zero attached hydrogens (tertiary/aromatic N) is 5. The molecule has 0 aromatic carbocycles. The third-order valence-corrected chi connectivity index (χ3v) is 13.6. The van der Waals surface area contributed by atoms with E-state index in [-0.39, 0.29) is 0 Å². The highest BCUT2D eigenvalue weighted by Crippen LogP contribution is 2.44. The summed E-state index contributed by atoms with van der Waals surface area (Å²) in [5.41, 5.74) is 0. The molecular formula is C37H70N6. The molecule has 6 aliphatic heterocycles. The lowest BCUT2D eigenvalue weighted by atomic mass is 9.77. The number of hydrogen-bond acceptors (Lipinski definition) is 6. The first-order valence-electron chi connectivity index (χ1n) is 19.0. The summed E-state index contributed by atoms with van der Waals surface area (Å²) in [6.07, 6.45) is 19.3. The smallest absolute Gasteiger partial charge is 0.0157 e. The molecule has 10 aliphatic rings. The fourth-order valence-corrected chi connectivity index (χ4v) is 10.8. The van der Waals surface area contributed by atoms with Gasteiger partial charge in [0.15, 0.2) is 0 Å². The van der Waals surface area contributed by atoms with Crippen molar-refractivity contribution in [2.45, 2.75) is 102 Å². The van der Waals surface area contributed by atoms with E-state index >= 15 is 0 Å². The molecule has 0 aromatic rings. The molecule has 0 amide bonds. The predicted molar refractivity (Wildman–Crippen MR) is 182 cm³/mol. The highest BCUT2D eigenvalue weighted by molar-refractivity contribution is 4.96. The lowest BCUT2D eigenvalue weighted by Crippen LogP contribution is -2.60. The van der Waals surface area contributed by atoms with Crippen LogP contribution in [0.3, 0.4) is 0 Å². The summed E-state index contributed by atoms with van der Waals surface area (Å²) in [6, 6.07) is 2.89. The molecule has 4 aliphatic carbocycles. The molecule has 10 unspecified atom stereocenters. The van der Waals surface area contributed by atoms with Crippen LogP contribution in [-0.2, 0) is 0 Å². The third-order valence-electron chi connectivity index (χ3n) is 13.6. The highest BCUT2D eigenvalue weighted by Gasteiger charge is 2.43. The first-order chi connectivity index (χ1) is 20.9. The molecule has 4 saturated carbocycles. The standard InChI is InChI=1S/3C8H15N.C7H14N2.C6H11N/c1-9-5-7-3-2-4-8(7)6-9;2*1-9-6-7-4-2-3-5-8(7)9;1-9-5-6-4-8-3-2-7(6)9;1-7-3-5-2-6(5)4-7/h3*7-8H,2-6H2,1H3;6-8H,2-5H2,1H3;5-6H,2-4H2,1H3. The molecule has 6 heteroatoms.